The lowest BCUT2D eigenvalue weighted by molar-refractivity contribution is 0.139. The van der Waals surface area contributed by atoms with Crippen molar-refractivity contribution in [3.63, 3.8) is 0 Å². The summed E-state index contributed by atoms with van der Waals surface area (Å²) in [6.07, 6.45) is 4.14. The van der Waals surface area contributed by atoms with Crippen LogP contribution in [0, 0.1) is 11.8 Å². The fourth-order valence-electron chi connectivity index (χ4n) is 2.36. The Morgan fingerprint density at radius 2 is 1.75 bits per heavy atom. The minimum Gasteiger partial charge on any atom is -0.303 e. The van der Waals surface area contributed by atoms with Crippen LogP contribution in [0.4, 0.5) is 0 Å². The molecule has 1 heteroatoms. The van der Waals surface area contributed by atoms with Gasteiger partial charge in [0.25, 0.3) is 0 Å². The number of unbranched alkanes of at least 4 members (excludes halogenated alkanes) is 1. The largest absolute Gasteiger partial charge is 0.303 e. The summed E-state index contributed by atoms with van der Waals surface area (Å²) in [6, 6.07) is 0. The molecule has 0 spiro atoms. The van der Waals surface area contributed by atoms with Crippen molar-refractivity contribution in [2.75, 3.05) is 19.6 Å². The fraction of sp³-hybridized carbons (Fsp3) is 1.00. The zero-order valence-electron chi connectivity index (χ0n) is 8.84. The molecule has 1 saturated heterocycles. The van der Waals surface area contributed by atoms with Crippen molar-refractivity contribution in [2.45, 2.75) is 40.0 Å². The molecule has 1 heterocycles. The van der Waals surface area contributed by atoms with Gasteiger partial charge in [-0.15, -0.1) is 0 Å². The number of hydrogen-bond acceptors (Lipinski definition) is 1. The lowest BCUT2D eigenvalue weighted by Gasteiger charge is -2.34. The molecule has 0 aromatic carbocycles. The summed E-state index contributed by atoms with van der Waals surface area (Å²) < 4.78 is 0. The van der Waals surface area contributed by atoms with Crippen molar-refractivity contribution in [1.29, 1.82) is 0 Å². The Labute approximate surface area is 77.1 Å². The van der Waals surface area contributed by atoms with E-state index in [0.717, 1.165) is 11.8 Å². The van der Waals surface area contributed by atoms with Crippen LogP contribution in [-0.2, 0) is 0 Å². The molecule has 0 saturated carbocycles. The SMILES string of the molecule is CCCCN1C[C@@H](C)C[C@H](C)C1. The van der Waals surface area contributed by atoms with Crippen molar-refractivity contribution in [3.8, 4) is 0 Å². The molecular weight excluding hydrogens is 146 g/mol. The van der Waals surface area contributed by atoms with E-state index < -0.39 is 0 Å². The lowest BCUT2D eigenvalue weighted by Crippen LogP contribution is -2.39. The van der Waals surface area contributed by atoms with E-state index in [4.69, 9.17) is 0 Å². The summed E-state index contributed by atoms with van der Waals surface area (Å²) in [5, 5.41) is 0. The van der Waals surface area contributed by atoms with Gasteiger partial charge < -0.3 is 4.90 Å². The first-order chi connectivity index (χ1) is 5.72. The summed E-state index contributed by atoms with van der Waals surface area (Å²) in [5.41, 5.74) is 0. The number of piperidine rings is 1. The number of hydrogen-bond donors (Lipinski definition) is 0. The van der Waals surface area contributed by atoms with Gasteiger partial charge in [0.15, 0.2) is 0 Å². The van der Waals surface area contributed by atoms with Crippen LogP contribution in [0.2, 0.25) is 0 Å². The van der Waals surface area contributed by atoms with Crippen LogP contribution < -0.4 is 0 Å². The third kappa shape index (κ3) is 3.14. The second kappa shape index (κ2) is 4.86. The van der Waals surface area contributed by atoms with Crippen LogP contribution in [0.15, 0.2) is 0 Å². The molecule has 12 heavy (non-hydrogen) atoms. The summed E-state index contributed by atoms with van der Waals surface area (Å²) in [6.45, 7) is 11.0. The van der Waals surface area contributed by atoms with E-state index in [1.165, 1.54) is 38.9 Å². The zero-order chi connectivity index (χ0) is 8.97. The van der Waals surface area contributed by atoms with Crippen molar-refractivity contribution >= 4 is 0 Å². The molecule has 1 nitrogen and oxygen atoms in total. The van der Waals surface area contributed by atoms with Crippen LogP contribution >= 0.6 is 0 Å². The average molecular weight is 169 g/mol. The van der Waals surface area contributed by atoms with Gasteiger partial charge in [-0.25, -0.2) is 0 Å². The molecule has 1 fully saturated rings. The van der Waals surface area contributed by atoms with Crippen LogP contribution in [0.5, 0.6) is 0 Å². The van der Waals surface area contributed by atoms with Gasteiger partial charge in [0.05, 0.1) is 0 Å². The zero-order valence-corrected chi connectivity index (χ0v) is 8.84. The first kappa shape index (κ1) is 10.0. The summed E-state index contributed by atoms with van der Waals surface area (Å²) in [5.74, 6) is 1.84. The topological polar surface area (TPSA) is 3.24 Å². The standard InChI is InChI=1S/C11H23N/c1-4-5-6-12-8-10(2)7-11(3)9-12/h10-11H,4-9H2,1-3H3/t10-,11-/m0/s1. The highest BCUT2D eigenvalue weighted by Crippen LogP contribution is 2.20. The van der Waals surface area contributed by atoms with Gasteiger partial charge >= 0.3 is 0 Å². The smallest absolute Gasteiger partial charge is 0.000724 e. The minimum absolute atomic E-state index is 0.922. The maximum absolute atomic E-state index is 2.64. The van der Waals surface area contributed by atoms with Gasteiger partial charge in [0.1, 0.15) is 0 Å². The molecule has 0 bridgehead atoms. The third-order valence-corrected chi connectivity index (χ3v) is 2.77. The van der Waals surface area contributed by atoms with E-state index in [2.05, 4.69) is 25.7 Å². The third-order valence-electron chi connectivity index (χ3n) is 2.77. The highest BCUT2D eigenvalue weighted by Gasteiger charge is 2.20. The Kier molecular flexibility index (Phi) is 4.07. The van der Waals surface area contributed by atoms with Gasteiger partial charge in [-0.2, -0.15) is 0 Å². The van der Waals surface area contributed by atoms with E-state index in [1.807, 2.05) is 0 Å². The van der Waals surface area contributed by atoms with Crippen molar-refractivity contribution in [2.24, 2.45) is 11.8 Å². The summed E-state index contributed by atoms with van der Waals surface area (Å²) >= 11 is 0. The van der Waals surface area contributed by atoms with E-state index in [0.29, 0.717) is 0 Å². The maximum atomic E-state index is 2.64. The Hall–Kier alpha value is -0.0400. The number of nitrogens with zero attached hydrogens (tertiary/aromatic N) is 1. The molecule has 0 amide bonds. The van der Waals surface area contributed by atoms with E-state index in [9.17, 15) is 0 Å². The molecule has 0 unspecified atom stereocenters. The first-order valence-corrected chi connectivity index (χ1v) is 5.44. The van der Waals surface area contributed by atoms with Gasteiger partial charge in [0.2, 0.25) is 0 Å². The first-order valence-electron chi connectivity index (χ1n) is 5.44. The molecule has 1 rings (SSSR count). The molecule has 72 valence electrons. The second-order valence-corrected chi connectivity index (χ2v) is 4.56. The summed E-state index contributed by atoms with van der Waals surface area (Å²) in [4.78, 5) is 2.64. The fourth-order valence-corrected chi connectivity index (χ4v) is 2.36. The average Bonchev–Trinajstić information content (AvgIpc) is 1.99. The molecular formula is C11H23N. The normalized spacial score (nSPS) is 32.2. The quantitative estimate of drug-likeness (QED) is 0.628. The van der Waals surface area contributed by atoms with Crippen molar-refractivity contribution < 1.29 is 0 Å². The van der Waals surface area contributed by atoms with Crippen LogP contribution in [0.25, 0.3) is 0 Å². The second-order valence-electron chi connectivity index (χ2n) is 4.56. The van der Waals surface area contributed by atoms with Crippen molar-refractivity contribution in [3.05, 3.63) is 0 Å². The highest BCUT2D eigenvalue weighted by molar-refractivity contribution is 4.74. The number of likely N-dealkylation sites (tertiary alicyclic amines) is 1. The lowest BCUT2D eigenvalue weighted by atomic mass is 9.92. The molecule has 0 aromatic rings. The highest BCUT2D eigenvalue weighted by atomic mass is 15.1. The molecule has 1 aliphatic rings. The van der Waals surface area contributed by atoms with E-state index in [1.54, 1.807) is 0 Å². The van der Waals surface area contributed by atoms with Crippen LogP contribution in [0.1, 0.15) is 40.0 Å². The van der Waals surface area contributed by atoms with Gasteiger partial charge in [-0.05, 0) is 31.2 Å². The van der Waals surface area contributed by atoms with Gasteiger partial charge in [-0.1, -0.05) is 27.2 Å². The molecule has 0 radical (unpaired) electrons. The van der Waals surface area contributed by atoms with E-state index >= 15 is 0 Å². The minimum atomic E-state index is 0.922. The van der Waals surface area contributed by atoms with Gasteiger partial charge in [-0.3, -0.25) is 0 Å². The Morgan fingerprint density at radius 3 is 2.25 bits per heavy atom. The monoisotopic (exact) mass is 169 g/mol. The Balaban J connectivity index is 2.24. The summed E-state index contributed by atoms with van der Waals surface area (Å²) in [7, 11) is 0. The van der Waals surface area contributed by atoms with Gasteiger partial charge in [0, 0.05) is 13.1 Å². The molecule has 2 atom stereocenters. The van der Waals surface area contributed by atoms with Crippen LogP contribution in [-0.4, -0.2) is 24.5 Å². The maximum Gasteiger partial charge on any atom is 0.000724 e. The Bertz CT molecular complexity index is 112. The molecule has 0 aromatic heterocycles. The van der Waals surface area contributed by atoms with Crippen molar-refractivity contribution in [1.82, 2.24) is 4.90 Å². The van der Waals surface area contributed by atoms with Crippen LogP contribution in [0.3, 0.4) is 0 Å². The molecule has 1 aliphatic heterocycles. The van der Waals surface area contributed by atoms with E-state index in [-0.39, 0.29) is 0 Å². The molecule has 0 aliphatic carbocycles. The Morgan fingerprint density at radius 1 is 1.17 bits per heavy atom. The number of rotatable bonds is 3. The predicted octanol–water partition coefficient (Wildman–Crippen LogP) is 2.76. The predicted molar refractivity (Wildman–Crippen MR) is 54.3 cm³/mol. The molecule has 0 N–H and O–H groups in total.